The van der Waals surface area contributed by atoms with Gasteiger partial charge in [-0.25, -0.2) is 0 Å². The molecule has 0 bridgehead atoms. The van der Waals surface area contributed by atoms with Crippen LogP contribution in [0.4, 0.5) is 11.4 Å². The van der Waals surface area contributed by atoms with Crippen molar-refractivity contribution >= 4 is 29.1 Å². The van der Waals surface area contributed by atoms with Crippen LogP contribution < -0.4 is 9.80 Å². The van der Waals surface area contributed by atoms with E-state index in [0.29, 0.717) is 6.42 Å². The largest absolute Gasteiger partial charge is 0.469 e. The highest BCUT2D eigenvalue weighted by atomic mass is 32.2. The summed E-state index contributed by atoms with van der Waals surface area (Å²) >= 11 is 2.08. The summed E-state index contributed by atoms with van der Waals surface area (Å²) in [4.78, 5) is 16.7. The van der Waals surface area contributed by atoms with E-state index in [1.165, 1.54) is 41.7 Å². The van der Waals surface area contributed by atoms with Gasteiger partial charge in [0.2, 0.25) is 0 Å². The van der Waals surface area contributed by atoms with Crippen LogP contribution in [-0.4, -0.2) is 36.8 Å². The van der Waals surface area contributed by atoms with E-state index in [0.717, 1.165) is 38.1 Å². The number of nitrogens with zero attached hydrogens (tertiary/aromatic N) is 2. The summed E-state index contributed by atoms with van der Waals surface area (Å²) in [6.07, 6.45) is 16.0. The molecule has 0 aromatic heterocycles. The molecule has 2 unspecified atom stereocenters. The molecular formula is C35H44N2O2S. The normalized spacial score (nSPS) is 26.0. The minimum atomic E-state index is -0.143. The van der Waals surface area contributed by atoms with E-state index >= 15 is 0 Å². The van der Waals surface area contributed by atoms with E-state index in [-0.39, 0.29) is 21.7 Å². The summed E-state index contributed by atoms with van der Waals surface area (Å²) < 4.78 is 4.89. The molecule has 1 fully saturated rings. The Balaban J connectivity index is 1.43. The smallest absolute Gasteiger partial charge is 0.305 e. The fourth-order valence-corrected chi connectivity index (χ4v) is 8.82. The first-order valence-corrected chi connectivity index (χ1v) is 15.8. The van der Waals surface area contributed by atoms with Crippen LogP contribution in [0.3, 0.4) is 0 Å². The Morgan fingerprint density at radius 2 is 1.70 bits per heavy atom. The number of ether oxygens (including phenoxy) is 1. The number of rotatable bonds is 9. The second kappa shape index (κ2) is 11.5. The standard InChI is InChI=1S/C35H44N2O2S/c1-6-36-29-19-11-9-17-27(29)33(2,3)31(36)21-8-7-14-24-35-34(4,23-15-13-22-32(38)39-5)28-18-10-12-20-30(28)37(35)25-16-26-40-35/h7-12,14,17-21,24H,6,13,15-16,22-23,25-26H2,1-5H3/b8-7+,24-14+,31-21-. The molecule has 4 nitrogen and oxygen atoms in total. The monoisotopic (exact) mass is 556 g/mol. The number of hydrogen-bond acceptors (Lipinski definition) is 5. The lowest BCUT2D eigenvalue weighted by atomic mass is 9.73. The number of hydrogen-bond donors (Lipinski definition) is 0. The Bertz CT molecular complexity index is 1330. The number of para-hydroxylation sites is 2. The minimum absolute atomic E-state index is 0.0226. The van der Waals surface area contributed by atoms with Gasteiger partial charge in [-0.2, -0.15) is 0 Å². The summed E-state index contributed by atoms with van der Waals surface area (Å²) in [6, 6.07) is 17.8. The van der Waals surface area contributed by atoms with Crippen LogP contribution in [0, 0.1) is 0 Å². The molecule has 2 aromatic carbocycles. The molecule has 0 aliphatic carbocycles. The fourth-order valence-electron chi connectivity index (χ4n) is 7.18. The first-order chi connectivity index (χ1) is 19.3. The molecule has 1 saturated heterocycles. The number of methoxy groups -OCH3 is 1. The van der Waals surface area contributed by atoms with E-state index in [4.69, 9.17) is 4.74 Å². The molecule has 3 aliphatic heterocycles. The van der Waals surface area contributed by atoms with Crippen LogP contribution in [0.15, 0.2) is 84.6 Å². The molecule has 0 radical (unpaired) electrons. The third kappa shape index (κ3) is 4.70. The van der Waals surface area contributed by atoms with E-state index in [9.17, 15) is 4.79 Å². The number of esters is 1. The van der Waals surface area contributed by atoms with E-state index < -0.39 is 0 Å². The number of allylic oxidation sites excluding steroid dienone is 5. The highest BCUT2D eigenvalue weighted by molar-refractivity contribution is 8.01. The first-order valence-electron chi connectivity index (χ1n) is 14.8. The van der Waals surface area contributed by atoms with Crippen molar-refractivity contribution in [2.24, 2.45) is 0 Å². The van der Waals surface area contributed by atoms with Gasteiger partial charge in [0.1, 0.15) is 4.87 Å². The molecule has 2 atom stereocenters. The van der Waals surface area contributed by atoms with Gasteiger partial charge in [-0.1, -0.05) is 81.8 Å². The van der Waals surface area contributed by atoms with Gasteiger partial charge in [0, 0.05) is 47.4 Å². The number of fused-ring (bicyclic) bond motifs is 4. The van der Waals surface area contributed by atoms with Crippen LogP contribution in [-0.2, 0) is 20.4 Å². The average Bonchev–Trinajstić information content (AvgIpc) is 3.33. The Morgan fingerprint density at radius 3 is 2.45 bits per heavy atom. The molecule has 2 aromatic rings. The van der Waals surface area contributed by atoms with Gasteiger partial charge < -0.3 is 14.5 Å². The first kappa shape index (κ1) is 28.6. The average molecular weight is 557 g/mol. The van der Waals surface area contributed by atoms with Gasteiger partial charge in [0.25, 0.3) is 0 Å². The summed E-state index contributed by atoms with van der Waals surface area (Å²) in [6.45, 7) is 11.3. The number of carbonyl (C=O) groups is 1. The maximum atomic E-state index is 11.8. The van der Waals surface area contributed by atoms with Crippen LogP contribution in [0.2, 0.25) is 0 Å². The van der Waals surface area contributed by atoms with E-state index in [1.807, 2.05) is 0 Å². The van der Waals surface area contributed by atoms with E-state index in [1.54, 1.807) is 0 Å². The Morgan fingerprint density at radius 1 is 0.975 bits per heavy atom. The predicted molar refractivity (Wildman–Crippen MR) is 170 cm³/mol. The zero-order valence-electron chi connectivity index (χ0n) is 24.8. The second-order valence-corrected chi connectivity index (χ2v) is 13.2. The molecule has 212 valence electrons. The SMILES string of the molecule is CCN1\C(=C/C=C/C=C/C23SCCCN2c2ccccc2C3(C)CCCCC(=O)OC)C(C)(C)c2ccccc21. The van der Waals surface area contributed by atoms with E-state index in [2.05, 4.69) is 128 Å². The molecular weight excluding hydrogens is 512 g/mol. The number of anilines is 2. The molecule has 40 heavy (non-hydrogen) atoms. The van der Waals surface area contributed by atoms with Crippen LogP contribution in [0.25, 0.3) is 0 Å². The maximum Gasteiger partial charge on any atom is 0.305 e. The lowest BCUT2D eigenvalue weighted by molar-refractivity contribution is -0.140. The van der Waals surface area contributed by atoms with Crippen molar-refractivity contribution < 1.29 is 9.53 Å². The molecule has 0 amide bonds. The summed E-state index contributed by atoms with van der Waals surface area (Å²) in [5, 5.41) is 0. The Kier molecular flexibility index (Phi) is 8.24. The molecule has 5 rings (SSSR count). The zero-order chi connectivity index (χ0) is 28.4. The van der Waals surface area contributed by atoms with Crippen molar-refractivity contribution in [2.45, 2.75) is 75.5 Å². The molecule has 0 saturated carbocycles. The number of likely N-dealkylation sites (N-methyl/N-ethyl adjacent to an activating group) is 1. The summed E-state index contributed by atoms with van der Waals surface area (Å²) in [7, 11) is 1.48. The van der Waals surface area contributed by atoms with Crippen molar-refractivity contribution in [3.63, 3.8) is 0 Å². The predicted octanol–water partition coefficient (Wildman–Crippen LogP) is 8.14. The van der Waals surface area contributed by atoms with Gasteiger partial charge in [-0.05, 0) is 67.4 Å². The molecule has 0 spiro atoms. The van der Waals surface area contributed by atoms with Crippen LogP contribution >= 0.6 is 11.8 Å². The summed E-state index contributed by atoms with van der Waals surface area (Å²) in [5.74, 6) is 1.04. The molecule has 0 N–H and O–H groups in total. The highest BCUT2D eigenvalue weighted by Crippen LogP contribution is 2.61. The van der Waals surface area contributed by atoms with Crippen molar-refractivity contribution in [3.8, 4) is 0 Å². The lowest BCUT2D eigenvalue weighted by Gasteiger charge is -2.50. The highest BCUT2D eigenvalue weighted by Gasteiger charge is 2.58. The zero-order valence-corrected chi connectivity index (χ0v) is 25.6. The quantitative estimate of drug-likeness (QED) is 0.177. The topological polar surface area (TPSA) is 32.8 Å². The third-order valence-electron chi connectivity index (χ3n) is 9.28. The van der Waals surface area contributed by atoms with Gasteiger partial charge >= 0.3 is 5.97 Å². The number of unbranched alkanes of at least 4 members (excludes halogenated alkanes) is 1. The number of benzene rings is 2. The van der Waals surface area contributed by atoms with Crippen molar-refractivity contribution in [1.29, 1.82) is 0 Å². The van der Waals surface area contributed by atoms with Crippen LogP contribution in [0.5, 0.6) is 0 Å². The second-order valence-electron chi connectivity index (χ2n) is 11.9. The number of thioether (sulfide) groups is 1. The van der Waals surface area contributed by atoms with Crippen molar-refractivity contribution in [1.82, 2.24) is 0 Å². The van der Waals surface area contributed by atoms with Gasteiger partial charge in [0.05, 0.1) is 7.11 Å². The van der Waals surface area contributed by atoms with Crippen LogP contribution in [0.1, 0.15) is 70.9 Å². The van der Waals surface area contributed by atoms with Crippen molar-refractivity contribution in [3.05, 3.63) is 95.7 Å². The number of carbonyl (C=O) groups excluding carboxylic acids is 1. The minimum Gasteiger partial charge on any atom is -0.469 e. The lowest BCUT2D eigenvalue weighted by Crippen LogP contribution is -2.55. The third-order valence-corrected chi connectivity index (χ3v) is 11.0. The molecule has 3 aliphatic rings. The summed E-state index contributed by atoms with van der Waals surface area (Å²) in [5.41, 5.74) is 6.79. The van der Waals surface area contributed by atoms with Gasteiger partial charge in [-0.15, -0.1) is 11.8 Å². The van der Waals surface area contributed by atoms with Gasteiger partial charge in [0.15, 0.2) is 0 Å². The molecule has 5 heteroatoms. The Labute approximate surface area is 245 Å². The van der Waals surface area contributed by atoms with Crippen molar-refractivity contribution in [2.75, 3.05) is 35.8 Å². The van der Waals surface area contributed by atoms with Gasteiger partial charge in [-0.3, -0.25) is 4.79 Å². The molecule has 3 heterocycles. The Hall–Kier alpha value is -2.92. The maximum absolute atomic E-state index is 11.8. The fraction of sp³-hybridized carbons (Fsp3) is 0.457.